The summed E-state index contributed by atoms with van der Waals surface area (Å²) >= 11 is 0. The number of nitrogens with one attached hydrogen (secondary N) is 1. The molecule has 2 N–H and O–H groups in total. The van der Waals surface area contributed by atoms with Gasteiger partial charge in [0.05, 0.1) is 24.3 Å². The maximum atomic E-state index is 12.3. The molecule has 1 atom stereocenters. The molecule has 1 amide bonds. The lowest BCUT2D eigenvalue weighted by molar-refractivity contribution is 0.0915. The molecule has 0 unspecified atom stereocenters. The Bertz CT molecular complexity index is 655. The van der Waals surface area contributed by atoms with E-state index in [2.05, 4.69) is 10.3 Å². The van der Waals surface area contributed by atoms with Gasteiger partial charge in [-0.25, -0.2) is 0 Å². The average molecular weight is 288 g/mol. The molecule has 0 saturated carbocycles. The van der Waals surface area contributed by atoms with Crippen LogP contribution in [0.5, 0.6) is 5.75 Å². The van der Waals surface area contributed by atoms with Crippen LogP contribution >= 0.6 is 0 Å². The van der Waals surface area contributed by atoms with Gasteiger partial charge < -0.3 is 15.2 Å². The molecule has 112 valence electrons. The van der Waals surface area contributed by atoms with E-state index in [1.807, 2.05) is 19.9 Å². The number of nitrogens with zero attached hydrogens (tertiary/aromatic N) is 1. The summed E-state index contributed by atoms with van der Waals surface area (Å²) in [5, 5.41) is 13.1. The number of rotatable bonds is 5. The first-order valence-corrected chi connectivity index (χ1v) is 6.96. The van der Waals surface area contributed by atoms with Gasteiger partial charge in [-0.2, -0.15) is 0 Å². The molecule has 0 aliphatic rings. The Labute approximate surface area is 124 Å². The van der Waals surface area contributed by atoms with E-state index in [0.29, 0.717) is 17.7 Å². The predicted octanol–water partition coefficient (Wildman–Crippen LogP) is 2.05. The highest BCUT2D eigenvalue weighted by Crippen LogP contribution is 2.23. The van der Waals surface area contributed by atoms with Crippen molar-refractivity contribution in [3.63, 3.8) is 0 Å². The topological polar surface area (TPSA) is 71.5 Å². The fourth-order valence-corrected chi connectivity index (χ4v) is 2.11. The third-order valence-corrected chi connectivity index (χ3v) is 3.36. The van der Waals surface area contributed by atoms with Crippen LogP contribution in [-0.2, 0) is 0 Å². The Balaban J connectivity index is 2.36. The number of amides is 1. The quantitative estimate of drug-likeness (QED) is 0.883. The van der Waals surface area contributed by atoms with Crippen molar-refractivity contribution in [2.24, 2.45) is 0 Å². The molecule has 0 fully saturated rings. The number of fused-ring (bicyclic) bond motifs is 1. The van der Waals surface area contributed by atoms with Crippen molar-refractivity contribution in [2.75, 3.05) is 13.7 Å². The van der Waals surface area contributed by atoms with E-state index in [1.54, 1.807) is 25.3 Å². The number of aryl methyl sites for hydroxylation is 1. The van der Waals surface area contributed by atoms with Gasteiger partial charge in [-0.1, -0.05) is 6.92 Å². The first kappa shape index (κ1) is 15.3. The number of benzene rings is 1. The molecule has 5 nitrogen and oxygen atoms in total. The smallest absolute Gasteiger partial charge is 0.252 e. The molecule has 1 aromatic carbocycles. The van der Waals surface area contributed by atoms with Crippen LogP contribution in [0.25, 0.3) is 10.9 Å². The van der Waals surface area contributed by atoms with Gasteiger partial charge in [0.15, 0.2) is 0 Å². The second kappa shape index (κ2) is 6.54. The van der Waals surface area contributed by atoms with Crippen molar-refractivity contribution in [3.05, 3.63) is 35.5 Å². The van der Waals surface area contributed by atoms with Crippen LogP contribution in [0.15, 0.2) is 24.3 Å². The molecule has 0 saturated heterocycles. The van der Waals surface area contributed by atoms with Crippen molar-refractivity contribution in [1.82, 2.24) is 10.3 Å². The van der Waals surface area contributed by atoms with E-state index in [9.17, 15) is 9.90 Å². The third kappa shape index (κ3) is 3.49. The van der Waals surface area contributed by atoms with Crippen molar-refractivity contribution >= 4 is 16.8 Å². The number of carbonyl (C=O) groups is 1. The number of hydrogen-bond donors (Lipinski definition) is 2. The maximum Gasteiger partial charge on any atom is 0.252 e. The second-order valence-electron chi connectivity index (χ2n) is 4.97. The first-order valence-electron chi connectivity index (χ1n) is 6.96. The zero-order valence-corrected chi connectivity index (χ0v) is 12.5. The van der Waals surface area contributed by atoms with E-state index in [4.69, 9.17) is 4.74 Å². The van der Waals surface area contributed by atoms with Crippen molar-refractivity contribution in [3.8, 4) is 5.75 Å². The Morgan fingerprint density at radius 2 is 2.19 bits per heavy atom. The lowest BCUT2D eigenvalue weighted by Gasteiger charge is -2.12. The Hall–Kier alpha value is -2.14. The first-order chi connectivity index (χ1) is 10.0. The summed E-state index contributed by atoms with van der Waals surface area (Å²) in [6.45, 7) is 3.96. The number of ether oxygens (including phenoxy) is 1. The van der Waals surface area contributed by atoms with Crippen LogP contribution < -0.4 is 10.1 Å². The lowest BCUT2D eigenvalue weighted by Crippen LogP contribution is -2.31. The summed E-state index contributed by atoms with van der Waals surface area (Å²) in [6.07, 6.45) is 0.0800. The monoisotopic (exact) mass is 288 g/mol. The zero-order chi connectivity index (χ0) is 15.4. The van der Waals surface area contributed by atoms with Crippen LogP contribution in [0.4, 0.5) is 0 Å². The number of hydrogen-bond acceptors (Lipinski definition) is 4. The van der Waals surface area contributed by atoms with Gasteiger partial charge in [-0.05, 0) is 31.5 Å². The summed E-state index contributed by atoms with van der Waals surface area (Å²) in [5.74, 6) is 0.497. The normalized spacial score (nSPS) is 12.2. The number of aliphatic hydroxyl groups is 1. The molecule has 0 radical (unpaired) electrons. The third-order valence-electron chi connectivity index (χ3n) is 3.36. The summed E-state index contributed by atoms with van der Waals surface area (Å²) in [6, 6.07) is 7.19. The van der Waals surface area contributed by atoms with Gasteiger partial charge in [0.1, 0.15) is 5.75 Å². The molecule has 1 aromatic heterocycles. The summed E-state index contributed by atoms with van der Waals surface area (Å²) in [7, 11) is 1.59. The fourth-order valence-electron chi connectivity index (χ4n) is 2.11. The number of methoxy groups -OCH3 is 1. The number of aliphatic hydroxyl groups excluding tert-OH is 1. The maximum absolute atomic E-state index is 12.3. The molecule has 2 aromatic rings. The van der Waals surface area contributed by atoms with Gasteiger partial charge in [-0.15, -0.1) is 0 Å². The molecular weight excluding hydrogens is 268 g/mol. The van der Waals surface area contributed by atoms with Crippen molar-refractivity contribution in [1.29, 1.82) is 0 Å². The summed E-state index contributed by atoms with van der Waals surface area (Å²) in [4.78, 5) is 16.7. The molecule has 21 heavy (non-hydrogen) atoms. The molecular formula is C16H20N2O3. The Morgan fingerprint density at radius 1 is 1.43 bits per heavy atom. The zero-order valence-electron chi connectivity index (χ0n) is 12.5. The average Bonchev–Trinajstić information content (AvgIpc) is 2.50. The Kier molecular flexibility index (Phi) is 4.75. The largest absolute Gasteiger partial charge is 0.497 e. The predicted molar refractivity (Wildman–Crippen MR) is 81.7 cm³/mol. The van der Waals surface area contributed by atoms with Crippen LogP contribution in [0, 0.1) is 6.92 Å². The molecule has 1 heterocycles. The summed E-state index contributed by atoms with van der Waals surface area (Å²) in [5.41, 5.74) is 2.04. The van der Waals surface area contributed by atoms with Crippen LogP contribution in [0.1, 0.15) is 29.4 Å². The van der Waals surface area contributed by atoms with E-state index in [0.717, 1.165) is 16.6 Å². The van der Waals surface area contributed by atoms with Crippen molar-refractivity contribution < 1.29 is 14.6 Å². The second-order valence-corrected chi connectivity index (χ2v) is 4.97. The lowest BCUT2D eigenvalue weighted by atomic mass is 10.1. The molecule has 0 bridgehead atoms. The number of pyridine rings is 1. The molecule has 0 aliphatic heterocycles. The van der Waals surface area contributed by atoms with E-state index < -0.39 is 6.10 Å². The van der Waals surface area contributed by atoms with E-state index in [1.165, 1.54) is 0 Å². The van der Waals surface area contributed by atoms with Gasteiger partial charge in [0.2, 0.25) is 0 Å². The Morgan fingerprint density at radius 3 is 2.86 bits per heavy atom. The highest BCUT2D eigenvalue weighted by Gasteiger charge is 2.13. The van der Waals surface area contributed by atoms with Gasteiger partial charge in [0.25, 0.3) is 5.91 Å². The SMILES string of the molecule is CC[C@H](O)CNC(=O)c1cc(C)nc2cc(OC)ccc12. The van der Waals surface area contributed by atoms with Crippen LogP contribution in [-0.4, -0.2) is 35.8 Å². The number of aromatic nitrogens is 1. The summed E-state index contributed by atoms with van der Waals surface area (Å²) < 4.78 is 5.18. The molecule has 0 spiro atoms. The van der Waals surface area contributed by atoms with Crippen LogP contribution in [0.3, 0.4) is 0 Å². The minimum atomic E-state index is -0.525. The van der Waals surface area contributed by atoms with Gasteiger partial charge >= 0.3 is 0 Å². The van der Waals surface area contributed by atoms with Gasteiger partial charge in [0, 0.05) is 23.7 Å². The highest BCUT2D eigenvalue weighted by atomic mass is 16.5. The minimum absolute atomic E-state index is 0.205. The highest BCUT2D eigenvalue weighted by molar-refractivity contribution is 6.06. The molecule has 5 heteroatoms. The van der Waals surface area contributed by atoms with Crippen molar-refractivity contribution in [2.45, 2.75) is 26.4 Å². The number of carbonyl (C=O) groups excluding carboxylic acids is 1. The molecule has 0 aliphatic carbocycles. The van der Waals surface area contributed by atoms with Gasteiger partial charge in [-0.3, -0.25) is 9.78 Å². The fraction of sp³-hybridized carbons (Fsp3) is 0.375. The molecule has 2 rings (SSSR count). The minimum Gasteiger partial charge on any atom is -0.497 e. The van der Waals surface area contributed by atoms with E-state index >= 15 is 0 Å². The van der Waals surface area contributed by atoms with E-state index in [-0.39, 0.29) is 12.5 Å². The van der Waals surface area contributed by atoms with Crippen LogP contribution in [0.2, 0.25) is 0 Å². The standard InChI is InChI=1S/C16H20N2O3/c1-4-11(19)9-17-16(20)14-7-10(2)18-15-8-12(21-3)5-6-13(14)15/h5-8,11,19H,4,9H2,1-3H3,(H,17,20)/t11-/m0/s1.